The predicted octanol–water partition coefficient (Wildman–Crippen LogP) is 1.41. The number of nitrogens with one attached hydrogen (secondary N) is 1. The third-order valence-electron chi connectivity index (χ3n) is 2.81. The number of nitrogens with zero attached hydrogens (tertiary/aromatic N) is 2. The minimum absolute atomic E-state index is 0.170. The Morgan fingerprint density at radius 3 is 2.80 bits per heavy atom. The number of hydrogen-bond acceptors (Lipinski definition) is 4. The van der Waals surface area contributed by atoms with Gasteiger partial charge in [0.1, 0.15) is 11.5 Å². The molecule has 0 aliphatic heterocycles. The van der Waals surface area contributed by atoms with Crippen LogP contribution in [0.25, 0.3) is 0 Å². The van der Waals surface area contributed by atoms with Gasteiger partial charge in [-0.25, -0.2) is 4.39 Å². The zero-order chi connectivity index (χ0) is 14.7. The van der Waals surface area contributed by atoms with Crippen LogP contribution in [-0.4, -0.2) is 35.2 Å². The number of halogens is 1. The fraction of sp³-hybridized carbons (Fsp3) is 0.231. The Labute approximate surface area is 115 Å². The molecule has 2 aromatic rings. The van der Waals surface area contributed by atoms with Crippen molar-refractivity contribution in [2.45, 2.75) is 6.54 Å². The standard InChI is InChI=1S/C13H15FN4O2/c1-18(13(19)10-6-12(15)17-16-10)7-8-3-4-11(20-2)9(14)5-8/h3-6H,7H2,1-2H3,(H3,15,16,17). The van der Waals surface area contributed by atoms with Crippen LogP contribution >= 0.6 is 0 Å². The zero-order valence-electron chi connectivity index (χ0n) is 11.2. The van der Waals surface area contributed by atoms with Crippen LogP contribution in [0.3, 0.4) is 0 Å². The fourth-order valence-electron chi connectivity index (χ4n) is 1.81. The molecule has 0 aliphatic rings. The second kappa shape index (κ2) is 5.60. The van der Waals surface area contributed by atoms with Crippen LogP contribution in [0.2, 0.25) is 0 Å². The molecule has 1 amide bonds. The van der Waals surface area contributed by atoms with E-state index in [2.05, 4.69) is 10.2 Å². The lowest BCUT2D eigenvalue weighted by Gasteiger charge is -2.16. The van der Waals surface area contributed by atoms with E-state index in [1.807, 2.05) is 0 Å². The lowest BCUT2D eigenvalue weighted by atomic mass is 10.2. The number of carbonyl (C=O) groups is 1. The van der Waals surface area contributed by atoms with Gasteiger partial charge in [0.05, 0.1) is 7.11 Å². The maximum Gasteiger partial charge on any atom is 0.271 e. The summed E-state index contributed by atoms with van der Waals surface area (Å²) < 4.78 is 18.4. The molecule has 0 spiro atoms. The van der Waals surface area contributed by atoms with Gasteiger partial charge in [0, 0.05) is 19.7 Å². The number of benzene rings is 1. The number of rotatable bonds is 4. The molecule has 0 atom stereocenters. The average molecular weight is 278 g/mol. The number of ether oxygens (including phenoxy) is 1. The number of hydrogen-bond donors (Lipinski definition) is 2. The first-order valence-electron chi connectivity index (χ1n) is 5.90. The molecular formula is C13H15FN4O2. The van der Waals surface area contributed by atoms with Gasteiger partial charge in [-0.15, -0.1) is 0 Å². The van der Waals surface area contributed by atoms with E-state index in [-0.39, 0.29) is 24.0 Å². The van der Waals surface area contributed by atoms with Gasteiger partial charge in [0.25, 0.3) is 5.91 Å². The summed E-state index contributed by atoms with van der Waals surface area (Å²) in [5.74, 6) is -0.316. The third-order valence-corrected chi connectivity index (χ3v) is 2.81. The third kappa shape index (κ3) is 2.87. The summed E-state index contributed by atoms with van der Waals surface area (Å²) in [4.78, 5) is 13.5. The van der Waals surface area contributed by atoms with Gasteiger partial charge >= 0.3 is 0 Å². The Hall–Kier alpha value is -2.57. The number of carbonyl (C=O) groups excluding carboxylic acids is 1. The number of nitrogen functional groups attached to an aromatic ring is 1. The van der Waals surface area contributed by atoms with Crippen LogP contribution in [-0.2, 0) is 6.54 Å². The molecule has 0 aliphatic carbocycles. The minimum atomic E-state index is -0.461. The number of aromatic nitrogens is 2. The fourth-order valence-corrected chi connectivity index (χ4v) is 1.81. The molecule has 0 radical (unpaired) electrons. The number of H-pyrrole nitrogens is 1. The molecule has 1 heterocycles. The van der Waals surface area contributed by atoms with Gasteiger partial charge < -0.3 is 15.4 Å². The van der Waals surface area contributed by atoms with Crippen molar-refractivity contribution in [2.75, 3.05) is 19.9 Å². The van der Waals surface area contributed by atoms with Gasteiger partial charge in [0.15, 0.2) is 11.6 Å². The van der Waals surface area contributed by atoms with Crippen LogP contribution < -0.4 is 10.5 Å². The first-order chi connectivity index (χ1) is 9.51. The normalized spacial score (nSPS) is 10.3. The van der Waals surface area contributed by atoms with Crippen molar-refractivity contribution in [3.8, 4) is 5.75 Å². The van der Waals surface area contributed by atoms with Crippen LogP contribution in [0.15, 0.2) is 24.3 Å². The van der Waals surface area contributed by atoms with Crippen molar-refractivity contribution < 1.29 is 13.9 Å². The zero-order valence-corrected chi connectivity index (χ0v) is 11.2. The van der Waals surface area contributed by atoms with E-state index >= 15 is 0 Å². The topological polar surface area (TPSA) is 84.2 Å². The number of amides is 1. The molecule has 1 aromatic carbocycles. The number of methoxy groups -OCH3 is 1. The summed E-state index contributed by atoms with van der Waals surface area (Å²) in [5, 5.41) is 6.23. The summed E-state index contributed by atoms with van der Waals surface area (Å²) in [6.07, 6.45) is 0. The molecule has 3 N–H and O–H groups in total. The SMILES string of the molecule is COc1ccc(CN(C)C(=O)c2cc(N)n[nH]2)cc1F. The molecular weight excluding hydrogens is 263 g/mol. The van der Waals surface area contributed by atoms with E-state index in [0.29, 0.717) is 11.3 Å². The molecule has 0 unspecified atom stereocenters. The monoisotopic (exact) mass is 278 g/mol. The van der Waals surface area contributed by atoms with Gasteiger partial charge in [-0.2, -0.15) is 5.10 Å². The molecule has 7 heteroatoms. The Balaban J connectivity index is 2.09. The van der Waals surface area contributed by atoms with Crippen molar-refractivity contribution in [1.82, 2.24) is 15.1 Å². The van der Waals surface area contributed by atoms with Crippen molar-refractivity contribution >= 4 is 11.7 Å². The predicted molar refractivity (Wildman–Crippen MR) is 71.7 cm³/mol. The van der Waals surface area contributed by atoms with Crippen molar-refractivity contribution in [2.24, 2.45) is 0 Å². The van der Waals surface area contributed by atoms with Crippen molar-refractivity contribution in [3.63, 3.8) is 0 Å². The molecule has 1 aromatic heterocycles. The van der Waals surface area contributed by atoms with Gasteiger partial charge in [-0.1, -0.05) is 6.07 Å². The Kier molecular flexibility index (Phi) is 3.88. The minimum Gasteiger partial charge on any atom is -0.494 e. The number of anilines is 1. The molecule has 6 nitrogen and oxygen atoms in total. The van der Waals surface area contributed by atoms with Crippen LogP contribution in [0.4, 0.5) is 10.2 Å². The first kappa shape index (κ1) is 13.9. The van der Waals surface area contributed by atoms with Gasteiger partial charge in [-0.05, 0) is 17.7 Å². The molecule has 20 heavy (non-hydrogen) atoms. The second-order valence-corrected chi connectivity index (χ2v) is 4.34. The smallest absolute Gasteiger partial charge is 0.271 e. The molecule has 0 fully saturated rings. The van der Waals surface area contributed by atoms with Gasteiger partial charge in [-0.3, -0.25) is 9.89 Å². The van der Waals surface area contributed by atoms with E-state index < -0.39 is 5.82 Å². The number of nitrogens with two attached hydrogens (primary N) is 1. The van der Waals surface area contributed by atoms with Crippen molar-refractivity contribution in [3.05, 3.63) is 41.3 Å². The van der Waals surface area contributed by atoms with E-state index in [9.17, 15) is 9.18 Å². The van der Waals surface area contributed by atoms with E-state index in [1.165, 1.54) is 30.2 Å². The molecule has 106 valence electrons. The maximum atomic E-state index is 13.6. The Morgan fingerprint density at radius 1 is 1.50 bits per heavy atom. The average Bonchev–Trinajstić information content (AvgIpc) is 2.84. The van der Waals surface area contributed by atoms with E-state index in [4.69, 9.17) is 10.5 Å². The molecule has 0 bridgehead atoms. The lowest BCUT2D eigenvalue weighted by molar-refractivity contribution is 0.0779. The summed E-state index contributed by atoms with van der Waals surface area (Å²) in [7, 11) is 3.01. The summed E-state index contributed by atoms with van der Waals surface area (Å²) in [6.45, 7) is 0.263. The Morgan fingerprint density at radius 2 is 2.25 bits per heavy atom. The lowest BCUT2D eigenvalue weighted by Crippen LogP contribution is -2.26. The Bertz CT molecular complexity index is 627. The van der Waals surface area contributed by atoms with Crippen LogP contribution in [0, 0.1) is 5.82 Å². The highest BCUT2D eigenvalue weighted by Gasteiger charge is 2.15. The van der Waals surface area contributed by atoms with Crippen LogP contribution in [0.5, 0.6) is 5.75 Å². The maximum absolute atomic E-state index is 13.6. The molecule has 0 saturated heterocycles. The molecule has 0 saturated carbocycles. The first-order valence-corrected chi connectivity index (χ1v) is 5.90. The van der Waals surface area contributed by atoms with E-state index in [1.54, 1.807) is 13.1 Å². The highest BCUT2D eigenvalue weighted by atomic mass is 19.1. The summed E-state index contributed by atoms with van der Waals surface area (Å²) in [5.41, 5.74) is 6.39. The second-order valence-electron chi connectivity index (χ2n) is 4.34. The van der Waals surface area contributed by atoms with Crippen molar-refractivity contribution in [1.29, 1.82) is 0 Å². The van der Waals surface area contributed by atoms with E-state index in [0.717, 1.165) is 0 Å². The highest BCUT2D eigenvalue weighted by molar-refractivity contribution is 5.92. The van der Waals surface area contributed by atoms with Crippen LogP contribution in [0.1, 0.15) is 16.1 Å². The largest absolute Gasteiger partial charge is 0.494 e. The molecule has 2 rings (SSSR count). The highest BCUT2D eigenvalue weighted by Crippen LogP contribution is 2.18. The summed E-state index contributed by atoms with van der Waals surface area (Å²) >= 11 is 0. The number of aromatic amines is 1. The quantitative estimate of drug-likeness (QED) is 0.885. The van der Waals surface area contributed by atoms with Gasteiger partial charge in [0.2, 0.25) is 0 Å². The summed E-state index contributed by atoms with van der Waals surface area (Å²) in [6, 6.07) is 6.02.